The minimum absolute atomic E-state index is 0.00999. The van der Waals surface area contributed by atoms with Crippen LogP contribution in [0, 0.1) is 5.92 Å². The zero-order valence-corrected chi connectivity index (χ0v) is 17.5. The standard InChI is InChI=1S/C26H27NO3/c1-29-22-15-11-20(12-16-22)25-24(10-6-9-19-7-4-3-5-8-19)26(28)27(25)21-13-17-23(30-2)18-14-21/h3-5,7-8,11-18,24-25H,6,9-10H2,1-2H3/t24?,25-/m1/s1. The number of amides is 1. The molecule has 0 spiro atoms. The van der Waals surface area contributed by atoms with Gasteiger partial charge in [0, 0.05) is 5.69 Å². The van der Waals surface area contributed by atoms with E-state index in [0.29, 0.717) is 0 Å². The van der Waals surface area contributed by atoms with Gasteiger partial charge in [0.2, 0.25) is 5.91 Å². The Bertz CT molecular complexity index is 967. The number of aryl methyl sites for hydroxylation is 1. The molecule has 0 bridgehead atoms. The molecule has 0 N–H and O–H groups in total. The van der Waals surface area contributed by atoms with Gasteiger partial charge in [-0.05, 0) is 66.8 Å². The van der Waals surface area contributed by atoms with Crippen LogP contribution in [0.3, 0.4) is 0 Å². The number of benzene rings is 3. The molecule has 0 radical (unpaired) electrons. The number of carbonyl (C=O) groups is 1. The van der Waals surface area contributed by atoms with Crippen molar-refractivity contribution < 1.29 is 14.3 Å². The van der Waals surface area contributed by atoms with Crippen molar-refractivity contribution in [3.63, 3.8) is 0 Å². The maximum Gasteiger partial charge on any atom is 0.233 e. The average molecular weight is 402 g/mol. The largest absolute Gasteiger partial charge is 0.497 e. The summed E-state index contributed by atoms with van der Waals surface area (Å²) in [5.41, 5.74) is 3.36. The molecule has 0 saturated carbocycles. The molecular weight excluding hydrogens is 374 g/mol. The van der Waals surface area contributed by atoms with E-state index < -0.39 is 0 Å². The van der Waals surface area contributed by atoms with Gasteiger partial charge in [-0.3, -0.25) is 4.79 Å². The lowest BCUT2D eigenvalue weighted by Crippen LogP contribution is -2.55. The first-order valence-corrected chi connectivity index (χ1v) is 10.4. The second-order valence-corrected chi connectivity index (χ2v) is 7.61. The van der Waals surface area contributed by atoms with Crippen LogP contribution in [-0.4, -0.2) is 20.1 Å². The van der Waals surface area contributed by atoms with Crippen LogP contribution in [0.1, 0.15) is 30.0 Å². The molecule has 1 aliphatic rings. The molecule has 1 unspecified atom stereocenters. The van der Waals surface area contributed by atoms with Crippen molar-refractivity contribution in [1.82, 2.24) is 0 Å². The molecule has 2 atom stereocenters. The predicted octanol–water partition coefficient (Wildman–Crippen LogP) is 5.43. The number of hydrogen-bond donors (Lipinski definition) is 0. The van der Waals surface area contributed by atoms with Crippen LogP contribution in [0.2, 0.25) is 0 Å². The van der Waals surface area contributed by atoms with Crippen LogP contribution >= 0.6 is 0 Å². The fourth-order valence-corrected chi connectivity index (χ4v) is 4.21. The summed E-state index contributed by atoms with van der Waals surface area (Å²) in [6.07, 6.45) is 2.85. The molecule has 30 heavy (non-hydrogen) atoms. The third-order valence-corrected chi connectivity index (χ3v) is 5.85. The van der Waals surface area contributed by atoms with Crippen molar-refractivity contribution in [3.05, 3.63) is 90.0 Å². The average Bonchev–Trinajstić information content (AvgIpc) is 2.81. The molecule has 4 nitrogen and oxygen atoms in total. The van der Waals surface area contributed by atoms with Gasteiger partial charge in [-0.25, -0.2) is 0 Å². The van der Waals surface area contributed by atoms with Gasteiger partial charge < -0.3 is 14.4 Å². The summed E-state index contributed by atoms with van der Waals surface area (Å²) in [6.45, 7) is 0. The lowest BCUT2D eigenvalue weighted by molar-refractivity contribution is -0.130. The molecule has 4 rings (SSSR count). The third kappa shape index (κ3) is 4.04. The van der Waals surface area contributed by atoms with Crippen LogP contribution in [0.15, 0.2) is 78.9 Å². The SMILES string of the molecule is COc1ccc([C@@H]2C(CCCc3ccccc3)C(=O)N2c2ccc(OC)cc2)cc1. The van der Waals surface area contributed by atoms with E-state index in [0.717, 1.165) is 42.0 Å². The second-order valence-electron chi connectivity index (χ2n) is 7.61. The Morgan fingerprint density at radius 3 is 2.00 bits per heavy atom. The molecule has 154 valence electrons. The van der Waals surface area contributed by atoms with Crippen molar-refractivity contribution in [1.29, 1.82) is 0 Å². The smallest absolute Gasteiger partial charge is 0.233 e. The van der Waals surface area contributed by atoms with Crippen molar-refractivity contribution in [3.8, 4) is 11.5 Å². The van der Waals surface area contributed by atoms with E-state index in [1.807, 2.05) is 47.4 Å². The number of anilines is 1. The number of methoxy groups -OCH3 is 2. The quantitative estimate of drug-likeness (QED) is 0.472. The number of carbonyl (C=O) groups excluding carboxylic acids is 1. The molecule has 0 aromatic heterocycles. The summed E-state index contributed by atoms with van der Waals surface area (Å²) in [5.74, 6) is 1.78. The Morgan fingerprint density at radius 1 is 0.800 bits per heavy atom. The van der Waals surface area contributed by atoms with E-state index >= 15 is 0 Å². The van der Waals surface area contributed by atoms with E-state index in [1.165, 1.54) is 5.56 Å². The van der Waals surface area contributed by atoms with E-state index in [9.17, 15) is 4.79 Å². The van der Waals surface area contributed by atoms with E-state index in [4.69, 9.17) is 9.47 Å². The topological polar surface area (TPSA) is 38.8 Å². The highest BCUT2D eigenvalue weighted by molar-refractivity contribution is 6.03. The molecule has 3 aromatic rings. The minimum Gasteiger partial charge on any atom is -0.497 e. The Hall–Kier alpha value is -3.27. The maximum atomic E-state index is 13.1. The Labute approximate surface area is 178 Å². The lowest BCUT2D eigenvalue weighted by Gasteiger charge is -2.47. The van der Waals surface area contributed by atoms with E-state index in [-0.39, 0.29) is 17.9 Å². The monoisotopic (exact) mass is 401 g/mol. The van der Waals surface area contributed by atoms with Crippen molar-refractivity contribution >= 4 is 11.6 Å². The molecular formula is C26H27NO3. The van der Waals surface area contributed by atoms with E-state index in [1.54, 1.807) is 14.2 Å². The van der Waals surface area contributed by atoms with Gasteiger partial charge in [0.25, 0.3) is 0 Å². The van der Waals surface area contributed by atoms with Crippen molar-refractivity contribution in [2.75, 3.05) is 19.1 Å². The Balaban J connectivity index is 1.54. The Kier molecular flexibility index (Phi) is 6.03. The van der Waals surface area contributed by atoms with Crippen LogP contribution in [0.25, 0.3) is 0 Å². The molecule has 3 aromatic carbocycles. The fourth-order valence-electron chi connectivity index (χ4n) is 4.21. The van der Waals surface area contributed by atoms with Gasteiger partial charge in [0.1, 0.15) is 11.5 Å². The van der Waals surface area contributed by atoms with Crippen LogP contribution in [-0.2, 0) is 11.2 Å². The van der Waals surface area contributed by atoms with Gasteiger partial charge in [-0.2, -0.15) is 0 Å². The summed E-state index contributed by atoms with van der Waals surface area (Å²) < 4.78 is 10.6. The van der Waals surface area contributed by atoms with Crippen LogP contribution < -0.4 is 14.4 Å². The molecule has 1 fully saturated rings. The number of nitrogens with zero attached hydrogens (tertiary/aromatic N) is 1. The first-order valence-electron chi connectivity index (χ1n) is 10.4. The molecule has 1 aliphatic heterocycles. The highest BCUT2D eigenvalue weighted by Crippen LogP contribution is 2.46. The minimum atomic E-state index is -0.00999. The van der Waals surface area contributed by atoms with E-state index in [2.05, 4.69) is 36.4 Å². The number of ether oxygens (including phenoxy) is 2. The van der Waals surface area contributed by atoms with Crippen LogP contribution in [0.5, 0.6) is 11.5 Å². The second kappa shape index (κ2) is 9.04. The predicted molar refractivity (Wildman–Crippen MR) is 119 cm³/mol. The van der Waals surface area contributed by atoms with Crippen molar-refractivity contribution in [2.24, 2.45) is 5.92 Å². The number of rotatable bonds is 8. The van der Waals surface area contributed by atoms with Gasteiger partial charge in [0.15, 0.2) is 0 Å². The first-order chi connectivity index (χ1) is 14.7. The molecule has 1 heterocycles. The first kappa shape index (κ1) is 20.0. The van der Waals surface area contributed by atoms with Gasteiger partial charge in [0.05, 0.1) is 26.2 Å². The zero-order chi connectivity index (χ0) is 20.9. The fraction of sp³-hybridized carbons (Fsp3) is 0.269. The van der Waals surface area contributed by atoms with Crippen LogP contribution in [0.4, 0.5) is 5.69 Å². The molecule has 0 aliphatic carbocycles. The normalized spacial score (nSPS) is 18.1. The highest BCUT2D eigenvalue weighted by Gasteiger charge is 2.48. The Morgan fingerprint density at radius 2 is 1.40 bits per heavy atom. The maximum absolute atomic E-state index is 13.1. The van der Waals surface area contributed by atoms with Gasteiger partial charge in [-0.15, -0.1) is 0 Å². The summed E-state index contributed by atoms with van der Waals surface area (Å²) in [5, 5.41) is 0. The van der Waals surface area contributed by atoms with Gasteiger partial charge >= 0.3 is 0 Å². The summed E-state index contributed by atoms with van der Waals surface area (Å²) >= 11 is 0. The molecule has 1 amide bonds. The highest BCUT2D eigenvalue weighted by atomic mass is 16.5. The molecule has 1 saturated heterocycles. The summed E-state index contributed by atoms with van der Waals surface area (Å²) in [6, 6.07) is 26.3. The summed E-state index contributed by atoms with van der Waals surface area (Å²) in [4.78, 5) is 15.0. The third-order valence-electron chi connectivity index (χ3n) is 5.85. The lowest BCUT2D eigenvalue weighted by atomic mass is 9.78. The van der Waals surface area contributed by atoms with Gasteiger partial charge in [-0.1, -0.05) is 42.5 Å². The summed E-state index contributed by atoms with van der Waals surface area (Å²) in [7, 11) is 3.31. The zero-order valence-electron chi connectivity index (χ0n) is 17.5. The number of β-lactam (4-membered cyclic amide) rings is 1. The number of hydrogen-bond acceptors (Lipinski definition) is 3. The van der Waals surface area contributed by atoms with Crippen molar-refractivity contribution in [2.45, 2.75) is 25.3 Å². The molecule has 4 heteroatoms.